The van der Waals surface area contributed by atoms with Crippen LogP contribution in [0.2, 0.25) is 0 Å². The number of anilines is 1. The van der Waals surface area contributed by atoms with Gasteiger partial charge in [-0.15, -0.1) is 11.8 Å². The van der Waals surface area contributed by atoms with Crippen molar-refractivity contribution in [3.8, 4) is 0 Å². The Balaban J connectivity index is 1.67. The lowest BCUT2D eigenvalue weighted by Crippen LogP contribution is -2.40. The first-order chi connectivity index (χ1) is 10.8. The van der Waals surface area contributed by atoms with Crippen LogP contribution < -0.4 is 5.32 Å². The van der Waals surface area contributed by atoms with Crippen LogP contribution in [-0.2, 0) is 0 Å². The fourth-order valence-corrected chi connectivity index (χ4v) is 4.67. The Morgan fingerprint density at radius 3 is 2.77 bits per heavy atom. The zero-order valence-electron chi connectivity index (χ0n) is 12.8. The van der Waals surface area contributed by atoms with Gasteiger partial charge in [-0.25, -0.2) is 4.79 Å². The molecule has 1 saturated heterocycles. The molecule has 1 aromatic rings. The van der Waals surface area contributed by atoms with Crippen molar-refractivity contribution in [2.45, 2.75) is 54.7 Å². The number of aliphatic hydroxyl groups excluding tert-OH is 1. The molecule has 3 rings (SSSR count). The minimum Gasteiger partial charge on any atom is -0.394 e. The summed E-state index contributed by atoms with van der Waals surface area (Å²) in [5, 5.41) is 13.1. The monoisotopic (exact) mass is 320 g/mol. The van der Waals surface area contributed by atoms with E-state index in [9.17, 15) is 9.90 Å². The van der Waals surface area contributed by atoms with Crippen LogP contribution in [0, 0.1) is 0 Å². The van der Waals surface area contributed by atoms with Crippen LogP contribution in [0.15, 0.2) is 29.2 Å². The van der Waals surface area contributed by atoms with Gasteiger partial charge in [0, 0.05) is 16.7 Å². The van der Waals surface area contributed by atoms with E-state index in [0.717, 1.165) is 30.0 Å². The molecule has 1 aliphatic carbocycles. The van der Waals surface area contributed by atoms with E-state index < -0.39 is 0 Å². The summed E-state index contributed by atoms with van der Waals surface area (Å²) in [7, 11) is 0. The highest BCUT2D eigenvalue weighted by Crippen LogP contribution is 2.38. The molecule has 0 bridgehead atoms. The van der Waals surface area contributed by atoms with E-state index in [1.54, 1.807) is 4.90 Å². The van der Waals surface area contributed by atoms with Gasteiger partial charge in [0.15, 0.2) is 0 Å². The number of carbonyl (C=O) groups is 1. The molecular formula is C17H24N2O2S. The molecule has 2 aliphatic rings. The van der Waals surface area contributed by atoms with Crippen molar-refractivity contribution in [3.05, 3.63) is 24.3 Å². The topological polar surface area (TPSA) is 52.6 Å². The van der Waals surface area contributed by atoms with Crippen LogP contribution in [0.3, 0.4) is 0 Å². The van der Waals surface area contributed by atoms with E-state index in [4.69, 9.17) is 0 Å². The fourth-order valence-electron chi connectivity index (χ4n) is 3.34. The highest BCUT2D eigenvalue weighted by atomic mass is 32.2. The second-order valence-corrected chi connectivity index (χ2v) is 7.46. The number of rotatable bonds is 4. The molecule has 5 heteroatoms. The molecule has 2 fully saturated rings. The second-order valence-electron chi connectivity index (χ2n) is 6.12. The van der Waals surface area contributed by atoms with E-state index in [1.807, 2.05) is 30.0 Å². The summed E-state index contributed by atoms with van der Waals surface area (Å²) in [6.45, 7) is 0.779. The lowest BCUT2D eigenvalue weighted by molar-refractivity contribution is 0.166. The molecule has 2 N–H and O–H groups in total. The normalized spacial score (nSPS) is 22.2. The van der Waals surface area contributed by atoms with Crippen molar-refractivity contribution in [1.82, 2.24) is 4.90 Å². The number of amides is 2. The predicted molar refractivity (Wildman–Crippen MR) is 90.4 cm³/mol. The summed E-state index contributed by atoms with van der Waals surface area (Å²) < 4.78 is 0. The number of nitrogens with zero attached hydrogens (tertiary/aromatic N) is 1. The van der Waals surface area contributed by atoms with Crippen LogP contribution in [0.25, 0.3) is 0 Å². The van der Waals surface area contributed by atoms with E-state index in [-0.39, 0.29) is 18.7 Å². The van der Waals surface area contributed by atoms with Gasteiger partial charge in [0.25, 0.3) is 0 Å². The summed E-state index contributed by atoms with van der Waals surface area (Å²) in [5.74, 6) is 0. The van der Waals surface area contributed by atoms with E-state index in [2.05, 4.69) is 11.4 Å². The minimum atomic E-state index is -0.0870. The third-order valence-electron chi connectivity index (χ3n) is 4.57. The Morgan fingerprint density at radius 2 is 2.00 bits per heavy atom. The summed E-state index contributed by atoms with van der Waals surface area (Å²) in [6.07, 6.45) is 7.03. The van der Waals surface area contributed by atoms with Gasteiger partial charge in [0.05, 0.1) is 18.3 Å². The van der Waals surface area contributed by atoms with Crippen LogP contribution >= 0.6 is 11.8 Å². The molecule has 1 saturated carbocycles. The quantitative estimate of drug-likeness (QED) is 0.889. The number of aliphatic hydroxyl groups is 1. The number of likely N-dealkylation sites (tertiary alicyclic amines) is 1. The van der Waals surface area contributed by atoms with Crippen LogP contribution in [0.5, 0.6) is 0 Å². The van der Waals surface area contributed by atoms with Crippen molar-refractivity contribution in [1.29, 1.82) is 0 Å². The van der Waals surface area contributed by atoms with Gasteiger partial charge in [0.2, 0.25) is 0 Å². The lowest BCUT2D eigenvalue weighted by Gasteiger charge is -2.24. The minimum absolute atomic E-state index is 0.0327. The Bertz CT molecular complexity index is 517. The van der Waals surface area contributed by atoms with Gasteiger partial charge < -0.3 is 15.3 Å². The van der Waals surface area contributed by atoms with Crippen molar-refractivity contribution >= 4 is 23.5 Å². The molecule has 0 aromatic heterocycles. The maximum atomic E-state index is 12.5. The van der Waals surface area contributed by atoms with Gasteiger partial charge in [-0.05, 0) is 37.8 Å². The number of hydrogen-bond acceptors (Lipinski definition) is 3. The highest BCUT2D eigenvalue weighted by Gasteiger charge is 2.28. The maximum absolute atomic E-state index is 12.5. The van der Waals surface area contributed by atoms with Crippen LogP contribution in [-0.4, -0.2) is 40.5 Å². The van der Waals surface area contributed by atoms with Gasteiger partial charge in [0.1, 0.15) is 0 Å². The largest absolute Gasteiger partial charge is 0.394 e. The standard InChI is InChI=1S/C17H24N2O2S/c20-12-13-6-5-11-19(13)17(21)18-15-9-3-4-10-16(15)22-14-7-1-2-8-14/h3-4,9-10,13-14,20H,1-2,5-8,11-12H2,(H,18,21)/t13-/m0/s1. The van der Waals surface area contributed by atoms with Gasteiger partial charge in [-0.3, -0.25) is 0 Å². The molecule has 1 aliphatic heterocycles. The molecule has 4 nitrogen and oxygen atoms in total. The number of hydrogen-bond donors (Lipinski definition) is 2. The van der Waals surface area contributed by atoms with Crippen LogP contribution in [0.1, 0.15) is 38.5 Å². The number of urea groups is 1. The van der Waals surface area contributed by atoms with Crippen molar-refractivity contribution in [2.24, 2.45) is 0 Å². The summed E-state index contributed by atoms with van der Waals surface area (Å²) in [4.78, 5) is 15.4. The average Bonchev–Trinajstić information content (AvgIpc) is 3.20. The maximum Gasteiger partial charge on any atom is 0.322 e. The van der Waals surface area contributed by atoms with E-state index in [0.29, 0.717) is 5.25 Å². The molecular weight excluding hydrogens is 296 g/mol. The molecule has 120 valence electrons. The average molecular weight is 320 g/mol. The van der Waals surface area contributed by atoms with E-state index >= 15 is 0 Å². The molecule has 0 radical (unpaired) electrons. The number of para-hydroxylation sites is 1. The SMILES string of the molecule is O=C(Nc1ccccc1SC1CCCC1)N1CCC[C@H]1CO. The van der Waals surface area contributed by atoms with Crippen LogP contribution in [0.4, 0.5) is 10.5 Å². The van der Waals surface area contributed by atoms with Gasteiger partial charge in [-0.1, -0.05) is 25.0 Å². The highest BCUT2D eigenvalue weighted by molar-refractivity contribution is 8.00. The Morgan fingerprint density at radius 1 is 1.23 bits per heavy atom. The Kier molecular flexibility index (Phi) is 5.26. The number of thioether (sulfide) groups is 1. The zero-order valence-corrected chi connectivity index (χ0v) is 13.6. The van der Waals surface area contributed by atoms with Crippen molar-refractivity contribution < 1.29 is 9.90 Å². The van der Waals surface area contributed by atoms with Crippen molar-refractivity contribution in [2.75, 3.05) is 18.5 Å². The van der Waals surface area contributed by atoms with Crippen molar-refractivity contribution in [3.63, 3.8) is 0 Å². The molecule has 1 aromatic carbocycles. The van der Waals surface area contributed by atoms with E-state index in [1.165, 1.54) is 25.7 Å². The number of nitrogens with one attached hydrogen (secondary N) is 1. The third kappa shape index (κ3) is 3.58. The lowest BCUT2D eigenvalue weighted by atomic mass is 10.2. The molecule has 2 amide bonds. The molecule has 1 heterocycles. The molecule has 0 unspecified atom stereocenters. The summed E-state index contributed by atoms with van der Waals surface area (Å²) >= 11 is 1.89. The smallest absolute Gasteiger partial charge is 0.322 e. The Labute approximate surface area is 136 Å². The first-order valence-electron chi connectivity index (χ1n) is 8.22. The fraction of sp³-hybridized carbons (Fsp3) is 0.588. The van der Waals surface area contributed by atoms with Gasteiger partial charge in [-0.2, -0.15) is 0 Å². The summed E-state index contributed by atoms with van der Waals surface area (Å²) in [5.41, 5.74) is 0.896. The zero-order chi connectivity index (χ0) is 15.4. The molecule has 0 spiro atoms. The molecule has 1 atom stereocenters. The molecule has 22 heavy (non-hydrogen) atoms. The number of carbonyl (C=O) groups excluding carboxylic acids is 1. The second kappa shape index (κ2) is 7.38. The first-order valence-corrected chi connectivity index (χ1v) is 9.10. The number of benzene rings is 1. The predicted octanol–water partition coefficient (Wildman–Crippen LogP) is 3.71. The summed E-state index contributed by atoms with van der Waals surface area (Å²) in [6, 6.07) is 7.93. The Hall–Kier alpha value is -1.20. The van der Waals surface area contributed by atoms with Gasteiger partial charge >= 0.3 is 6.03 Å². The third-order valence-corrected chi connectivity index (χ3v) is 5.99. The first kappa shape index (κ1) is 15.7.